The Morgan fingerprint density at radius 2 is 1.74 bits per heavy atom. The summed E-state index contributed by atoms with van der Waals surface area (Å²) in [4.78, 5) is 17.4. The zero-order valence-corrected chi connectivity index (χ0v) is 23.0. The fourth-order valence-electron chi connectivity index (χ4n) is 4.03. The van der Waals surface area contributed by atoms with Crippen LogP contribution in [0.1, 0.15) is 49.8 Å². The third-order valence-electron chi connectivity index (χ3n) is 6.29. The molecule has 210 valence electrons. The van der Waals surface area contributed by atoms with E-state index in [4.69, 9.17) is 11.5 Å². The van der Waals surface area contributed by atoms with E-state index < -0.39 is 22.2 Å². The summed E-state index contributed by atoms with van der Waals surface area (Å²) in [6, 6.07) is 16.1. The number of unbranched alkanes of at least 4 members (excludes halogenated alkanes) is 3. The van der Waals surface area contributed by atoms with Crippen molar-refractivity contribution >= 4 is 33.2 Å². The average molecular weight is 555 g/mol. The summed E-state index contributed by atoms with van der Waals surface area (Å²) >= 11 is 0. The minimum Gasteiger partial charge on any atom is -0.387 e. The largest absolute Gasteiger partial charge is 0.387 e. The van der Waals surface area contributed by atoms with Crippen LogP contribution in [0, 0.1) is 0 Å². The van der Waals surface area contributed by atoms with Gasteiger partial charge in [-0.2, -0.15) is 0 Å². The van der Waals surface area contributed by atoms with Crippen molar-refractivity contribution < 1.29 is 18.3 Å². The highest BCUT2D eigenvalue weighted by Gasteiger charge is 2.17. The SMILES string of the molecule is CCCCCCN(C(N)=O)c1ccc(S(=O)(=O)Nc2ccc(CCNC[C@H](O)c3ccc(N)nc3)cc2)cc1. The average Bonchev–Trinajstić information content (AvgIpc) is 2.92. The summed E-state index contributed by atoms with van der Waals surface area (Å²) in [6.07, 6.45) is 5.57. The Bertz CT molecular complexity index is 1280. The number of rotatable bonds is 15. The van der Waals surface area contributed by atoms with Gasteiger partial charge in [-0.1, -0.05) is 44.4 Å². The second-order valence-corrected chi connectivity index (χ2v) is 11.0. The molecule has 0 fully saturated rings. The number of aromatic nitrogens is 1. The van der Waals surface area contributed by atoms with Crippen molar-refractivity contribution in [2.75, 3.05) is 35.0 Å². The molecule has 0 spiro atoms. The maximum atomic E-state index is 12.9. The second kappa shape index (κ2) is 14.5. The van der Waals surface area contributed by atoms with Gasteiger partial charge in [-0.15, -0.1) is 0 Å². The molecule has 0 bridgehead atoms. The fraction of sp³-hybridized carbons (Fsp3) is 0.357. The molecule has 0 aliphatic heterocycles. The lowest BCUT2D eigenvalue weighted by Gasteiger charge is -2.21. The monoisotopic (exact) mass is 554 g/mol. The standard InChI is InChI=1S/C28H38N6O4S/c1-2-3-4-5-18-34(28(30)36)24-11-13-25(14-12-24)39(37,38)33-23-9-6-21(7-10-23)16-17-31-20-26(35)22-8-15-27(29)32-19-22/h6-15,19,26,31,33,35H,2-5,16-18,20H2,1H3,(H2,29,32)(H2,30,36)/t26-/m0/s1. The number of nitrogen functional groups attached to an aromatic ring is 1. The van der Waals surface area contributed by atoms with E-state index in [1.54, 1.807) is 42.6 Å². The number of nitrogens with one attached hydrogen (secondary N) is 2. The van der Waals surface area contributed by atoms with E-state index in [9.17, 15) is 18.3 Å². The molecule has 10 nitrogen and oxygen atoms in total. The maximum Gasteiger partial charge on any atom is 0.319 e. The minimum atomic E-state index is -3.81. The molecule has 0 radical (unpaired) electrons. The van der Waals surface area contributed by atoms with E-state index in [0.29, 0.717) is 48.8 Å². The van der Waals surface area contributed by atoms with E-state index >= 15 is 0 Å². The normalized spacial score (nSPS) is 12.2. The molecule has 1 aromatic heterocycles. The van der Waals surface area contributed by atoms with Crippen LogP contribution in [0.5, 0.6) is 0 Å². The quantitative estimate of drug-likeness (QED) is 0.178. The van der Waals surface area contributed by atoms with Gasteiger partial charge < -0.3 is 21.9 Å². The van der Waals surface area contributed by atoms with Crippen LogP contribution in [-0.4, -0.2) is 44.2 Å². The molecule has 7 N–H and O–H groups in total. The maximum absolute atomic E-state index is 12.9. The predicted octanol–water partition coefficient (Wildman–Crippen LogP) is 3.80. The van der Waals surface area contributed by atoms with Gasteiger partial charge in [0.1, 0.15) is 5.82 Å². The first-order valence-corrected chi connectivity index (χ1v) is 14.6. The van der Waals surface area contributed by atoms with Gasteiger partial charge in [0.05, 0.1) is 11.0 Å². The molecule has 0 aliphatic carbocycles. The van der Waals surface area contributed by atoms with Crippen LogP contribution in [0.2, 0.25) is 0 Å². The number of primary amides is 1. The van der Waals surface area contributed by atoms with Crippen LogP contribution in [0.25, 0.3) is 0 Å². The number of pyridine rings is 1. The van der Waals surface area contributed by atoms with Crippen LogP contribution in [-0.2, 0) is 16.4 Å². The number of anilines is 3. The van der Waals surface area contributed by atoms with Crippen LogP contribution < -0.4 is 26.4 Å². The number of nitrogens with two attached hydrogens (primary N) is 2. The molecule has 0 saturated heterocycles. The molecule has 3 aromatic rings. The number of amides is 2. The van der Waals surface area contributed by atoms with Gasteiger partial charge in [0.25, 0.3) is 10.0 Å². The lowest BCUT2D eigenvalue weighted by atomic mass is 10.1. The van der Waals surface area contributed by atoms with Gasteiger partial charge >= 0.3 is 6.03 Å². The predicted molar refractivity (Wildman–Crippen MR) is 155 cm³/mol. The number of nitrogens with zero attached hydrogens (tertiary/aromatic N) is 2. The molecule has 2 amide bonds. The van der Waals surface area contributed by atoms with E-state index in [2.05, 4.69) is 21.9 Å². The van der Waals surface area contributed by atoms with Gasteiger partial charge in [0.2, 0.25) is 0 Å². The molecule has 2 aromatic carbocycles. The number of sulfonamides is 1. The summed E-state index contributed by atoms with van der Waals surface area (Å²) in [6.45, 7) is 3.61. The Hall–Kier alpha value is -3.67. The fourth-order valence-corrected chi connectivity index (χ4v) is 5.08. The molecule has 3 rings (SSSR count). The topological polar surface area (TPSA) is 164 Å². The number of urea groups is 1. The lowest BCUT2D eigenvalue weighted by Crippen LogP contribution is -2.36. The van der Waals surface area contributed by atoms with Crippen LogP contribution >= 0.6 is 0 Å². The van der Waals surface area contributed by atoms with Gasteiger partial charge in [0, 0.05) is 36.2 Å². The third kappa shape index (κ3) is 9.24. The number of aliphatic hydroxyl groups excluding tert-OH is 1. The number of aliphatic hydroxyl groups is 1. The van der Waals surface area contributed by atoms with Gasteiger partial charge in [-0.25, -0.2) is 18.2 Å². The number of hydrogen-bond acceptors (Lipinski definition) is 7. The molecular formula is C28H38N6O4S. The molecular weight excluding hydrogens is 516 g/mol. The zero-order chi connectivity index (χ0) is 28.3. The highest BCUT2D eigenvalue weighted by atomic mass is 32.2. The summed E-state index contributed by atoms with van der Waals surface area (Å²) in [7, 11) is -3.81. The Morgan fingerprint density at radius 3 is 2.36 bits per heavy atom. The summed E-state index contributed by atoms with van der Waals surface area (Å²) in [5.74, 6) is 0.405. The van der Waals surface area contributed by atoms with Crippen LogP contribution in [0.3, 0.4) is 0 Å². The van der Waals surface area contributed by atoms with Crippen molar-refractivity contribution in [1.82, 2.24) is 10.3 Å². The van der Waals surface area contributed by atoms with E-state index in [-0.39, 0.29) is 4.90 Å². The number of benzene rings is 2. The minimum absolute atomic E-state index is 0.0878. The summed E-state index contributed by atoms with van der Waals surface area (Å²) in [5.41, 5.74) is 13.8. The number of hydrogen-bond donors (Lipinski definition) is 5. The summed E-state index contributed by atoms with van der Waals surface area (Å²) in [5, 5.41) is 13.4. The van der Waals surface area contributed by atoms with Crippen molar-refractivity contribution in [3.63, 3.8) is 0 Å². The van der Waals surface area contributed by atoms with Crippen molar-refractivity contribution in [3.8, 4) is 0 Å². The molecule has 1 heterocycles. The molecule has 39 heavy (non-hydrogen) atoms. The Morgan fingerprint density at radius 1 is 1.03 bits per heavy atom. The van der Waals surface area contributed by atoms with E-state index in [1.165, 1.54) is 17.0 Å². The smallest absolute Gasteiger partial charge is 0.319 e. The second-order valence-electron chi connectivity index (χ2n) is 9.33. The van der Waals surface area contributed by atoms with E-state index in [0.717, 1.165) is 31.2 Å². The Labute approximate surface area is 230 Å². The van der Waals surface area contributed by atoms with Crippen molar-refractivity contribution in [3.05, 3.63) is 78.0 Å². The molecule has 11 heteroatoms. The molecule has 0 aliphatic rings. The first-order valence-electron chi connectivity index (χ1n) is 13.1. The third-order valence-corrected chi connectivity index (χ3v) is 7.69. The zero-order valence-electron chi connectivity index (χ0n) is 22.2. The number of carbonyl (C=O) groups excluding carboxylic acids is 1. The van der Waals surface area contributed by atoms with Crippen LogP contribution in [0.4, 0.5) is 22.0 Å². The Kier molecular flexibility index (Phi) is 11.1. The van der Waals surface area contributed by atoms with E-state index in [1.807, 2.05) is 12.1 Å². The van der Waals surface area contributed by atoms with Gasteiger partial charge in [-0.05, 0) is 67.4 Å². The highest BCUT2D eigenvalue weighted by molar-refractivity contribution is 7.92. The van der Waals surface area contributed by atoms with Crippen molar-refractivity contribution in [2.24, 2.45) is 5.73 Å². The first kappa shape index (κ1) is 29.9. The van der Waals surface area contributed by atoms with Crippen molar-refractivity contribution in [1.29, 1.82) is 0 Å². The number of carbonyl (C=O) groups is 1. The van der Waals surface area contributed by atoms with Crippen molar-refractivity contribution in [2.45, 2.75) is 50.0 Å². The molecule has 1 atom stereocenters. The van der Waals surface area contributed by atoms with Crippen LogP contribution in [0.15, 0.2) is 71.8 Å². The van der Waals surface area contributed by atoms with Gasteiger partial charge in [-0.3, -0.25) is 9.62 Å². The molecule has 0 unspecified atom stereocenters. The summed E-state index contributed by atoms with van der Waals surface area (Å²) < 4.78 is 28.4. The van der Waals surface area contributed by atoms with Gasteiger partial charge in [0.15, 0.2) is 0 Å². The Balaban J connectivity index is 1.50. The lowest BCUT2D eigenvalue weighted by molar-refractivity contribution is 0.175. The highest BCUT2D eigenvalue weighted by Crippen LogP contribution is 2.22. The molecule has 0 saturated carbocycles. The first-order chi connectivity index (χ1) is 18.7.